The molecule has 2 aliphatic heterocycles. The van der Waals surface area contributed by atoms with Crippen molar-refractivity contribution in [1.29, 1.82) is 0 Å². The molecule has 12 nitrogen and oxygen atoms in total. The second-order valence-electron chi connectivity index (χ2n) is 8.63. The van der Waals surface area contributed by atoms with Crippen molar-refractivity contribution in [3.05, 3.63) is 59.8 Å². The van der Waals surface area contributed by atoms with Crippen LogP contribution in [0.3, 0.4) is 0 Å². The minimum Gasteiger partial charge on any atom is -0.545 e. The SMILES string of the molecule is Nc1nc(/C(=N/OC2C=CCCC2)C(=O)NC2C(=O)N3C=C(C[n+]4ccc(C(=O)[O-])cc4)CS[C@H]23)ns1. The number of aromatic carboxylic acids is 1. The first-order valence-electron chi connectivity index (χ1n) is 11.5. The Morgan fingerprint density at radius 2 is 2.16 bits per heavy atom. The summed E-state index contributed by atoms with van der Waals surface area (Å²) in [5.74, 6) is -1.42. The van der Waals surface area contributed by atoms with Crippen LogP contribution in [0.25, 0.3) is 0 Å². The number of nitrogens with two attached hydrogens (primary N) is 1. The lowest BCUT2D eigenvalue weighted by Crippen LogP contribution is -2.69. The van der Waals surface area contributed by atoms with E-state index in [1.165, 1.54) is 23.9 Å². The average Bonchev–Trinajstić information content (AvgIpc) is 3.34. The summed E-state index contributed by atoms with van der Waals surface area (Å²) in [5.41, 5.74) is 6.64. The fourth-order valence-electron chi connectivity index (χ4n) is 4.09. The van der Waals surface area contributed by atoms with Gasteiger partial charge in [-0.3, -0.25) is 9.59 Å². The highest BCUT2D eigenvalue weighted by Gasteiger charge is 2.50. The molecular formula is C23H23N7O5S2. The second-order valence-corrected chi connectivity index (χ2v) is 10.5. The quantitative estimate of drug-likeness (QED) is 0.148. The normalized spacial score (nSPS) is 23.1. The van der Waals surface area contributed by atoms with Gasteiger partial charge in [0.1, 0.15) is 17.5 Å². The third-order valence-electron chi connectivity index (χ3n) is 6.00. The first kappa shape index (κ1) is 24.9. The number of fused-ring (bicyclic) bond motifs is 1. The number of hydrogen-bond acceptors (Lipinski definition) is 11. The van der Waals surface area contributed by atoms with Crippen molar-refractivity contribution in [2.45, 2.75) is 43.3 Å². The maximum absolute atomic E-state index is 13.1. The molecule has 14 heteroatoms. The molecule has 1 fully saturated rings. The lowest BCUT2D eigenvalue weighted by Gasteiger charge is -2.47. The van der Waals surface area contributed by atoms with Crippen LogP contribution in [0.4, 0.5) is 5.13 Å². The van der Waals surface area contributed by atoms with E-state index in [2.05, 4.69) is 19.8 Å². The summed E-state index contributed by atoms with van der Waals surface area (Å²) in [6.45, 7) is 0.495. The molecular weight excluding hydrogens is 518 g/mol. The number of anilines is 1. The maximum Gasteiger partial charge on any atom is 0.278 e. The second kappa shape index (κ2) is 10.7. The minimum atomic E-state index is -1.23. The van der Waals surface area contributed by atoms with Gasteiger partial charge in [0.25, 0.3) is 11.8 Å². The van der Waals surface area contributed by atoms with E-state index in [4.69, 9.17) is 10.6 Å². The molecule has 4 heterocycles. The molecule has 2 unspecified atom stereocenters. The summed E-state index contributed by atoms with van der Waals surface area (Å²) in [4.78, 5) is 48.1. The zero-order valence-corrected chi connectivity index (χ0v) is 21.1. The number of carboxylic acids is 1. The van der Waals surface area contributed by atoms with Gasteiger partial charge in [0.2, 0.25) is 11.5 Å². The molecule has 192 valence electrons. The third kappa shape index (κ3) is 5.49. The number of nitrogens with zero attached hydrogens (tertiary/aromatic N) is 5. The lowest BCUT2D eigenvalue weighted by molar-refractivity contribution is -0.689. The van der Waals surface area contributed by atoms with Gasteiger partial charge in [-0.2, -0.15) is 9.36 Å². The highest BCUT2D eigenvalue weighted by molar-refractivity contribution is 8.00. The number of hydrogen-bond donors (Lipinski definition) is 2. The zero-order valence-electron chi connectivity index (χ0n) is 19.5. The molecule has 0 radical (unpaired) electrons. The predicted octanol–water partition coefficient (Wildman–Crippen LogP) is -0.415. The van der Waals surface area contributed by atoms with Crippen LogP contribution < -0.4 is 20.7 Å². The maximum atomic E-state index is 13.1. The molecule has 1 aliphatic carbocycles. The van der Waals surface area contributed by atoms with Crippen molar-refractivity contribution in [1.82, 2.24) is 19.6 Å². The molecule has 5 rings (SSSR count). The van der Waals surface area contributed by atoms with E-state index in [1.807, 2.05) is 16.7 Å². The number of rotatable bonds is 8. The Kier molecular flexibility index (Phi) is 7.19. The number of aromatic nitrogens is 3. The van der Waals surface area contributed by atoms with Gasteiger partial charge in [0.15, 0.2) is 24.1 Å². The van der Waals surface area contributed by atoms with E-state index in [1.54, 1.807) is 23.5 Å². The zero-order chi connectivity index (χ0) is 25.9. The van der Waals surface area contributed by atoms with Crippen molar-refractivity contribution in [3.63, 3.8) is 0 Å². The fraction of sp³-hybridized carbons (Fsp3) is 0.348. The Balaban J connectivity index is 1.24. The van der Waals surface area contributed by atoms with Crippen molar-refractivity contribution in [2.24, 2.45) is 5.16 Å². The van der Waals surface area contributed by atoms with Crippen molar-refractivity contribution in [2.75, 3.05) is 11.5 Å². The number of carbonyl (C=O) groups excluding carboxylic acids is 3. The van der Waals surface area contributed by atoms with Crippen molar-refractivity contribution < 1.29 is 28.9 Å². The lowest BCUT2D eigenvalue weighted by atomic mass is 10.1. The van der Waals surface area contributed by atoms with Gasteiger partial charge in [0.05, 0.1) is 5.97 Å². The summed E-state index contributed by atoms with van der Waals surface area (Å²) in [7, 11) is 0. The molecule has 0 spiro atoms. The highest BCUT2D eigenvalue weighted by Crippen LogP contribution is 2.36. The molecule has 37 heavy (non-hydrogen) atoms. The summed E-state index contributed by atoms with van der Waals surface area (Å²) in [6.07, 6.45) is 11.5. The third-order valence-corrected chi connectivity index (χ3v) is 7.92. The number of β-lactam (4-membered cyclic amide) rings is 1. The summed E-state index contributed by atoms with van der Waals surface area (Å²) in [5, 5.41) is 17.6. The van der Waals surface area contributed by atoms with E-state index in [0.29, 0.717) is 12.3 Å². The molecule has 3 N–H and O–H groups in total. The Morgan fingerprint density at radius 1 is 1.35 bits per heavy atom. The van der Waals surface area contributed by atoms with E-state index in [0.717, 1.165) is 36.4 Å². The fourth-order valence-corrected chi connectivity index (χ4v) is 5.78. The molecule has 1 saturated heterocycles. The van der Waals surface area contributed by atoms with Crippen LogP contribution in [-0.4, -0.2) is 61.0 Å². The Bertz CT molecular complexity index is 1310. The number of oxime groups is 1. The van der Waals surface area contributed by atoms with Crippen molar-refractivity contribution in [3.8, 4) is 0 Å². The first-order chi connectivity index (χ1) is 17.9. The topological polar surface area (TPSA) is 167 Å². The molecule has 0 saturated carbocycles. The first-order valence-corrected chi connectivity index (χ1v) is 13.4. The molecule has 2 aromatic rings. The van der Waals surface area contributed by atoms with Crippen LogP contribution in [-0.2, 0) is 21.0 Å². The van der Waals surface area contributed by atoms with Crippen LogP contribution in [0.5, 0.6) is 0 Å². The van der Waals surface area contributed by atoms with Gasteiger partial charge in [-0.15, -0.1) is 11.8 Å². The molecule has 3 aliphatic rings. The van der Waals surface area contributed by atoms with E-state index in [-0.39, 0.29) is 39.6 Å². The summed E-state index contributed by atoms with van der Waals surface area (Å²) >= 11 is 2.46. The van der Waals surface area contributed by atoms with E-state index in [9.17, 15) is 19.5 Å². The minimum absolute atomic E-state index is 0.0450. The number of carbonyl (C=O) groups is 3. The number of carboxylic acid groups (broad SMARTS) is 1. The molecule has 0 aromatic carbocycles. The van der Waals surface area contributed by atoms with Crippen LogP contribution in [0.1, 0.15) is 35.4 Å². The van der Waals surface area contributed by atoms with Gasteiger partial charge >= 0.3 is 0 Å². The molecule has 0 bridgehead atoms. The average molecular weight is 542 g/mol. The van der Waals surface area contributed by atoms with E-state index >= 15 is 0 Å². The van der Waals surface area contributed by atoms with Crippen LogP contribution in [0.2, 0.25) is 0 Å². The van der Waals surface area contributed by atoms with Gasteiger partial charge in [0, 0.05) is 46.8 Å². The Hall–Kier alpha value is -3.78. The van der Waals surface area contributed by atoms with Crippen LogP contribution in [0, 0.1) is 0 Å². The van der Waals surface area contributed by atoms with Gasteiger partial charge in [-0.1, -0.05) is 11.2 Å². The highest BCUT2D eigenvalue weighted by atomic mass is 32.2. The number of nitrogen functional groups attached to an aromatic ring is 1. The van der Waals surface area contributed by atoms with Gasteiger partial charge < -0.3 is 30.7 Å². The largest absolute Gasteiger partial charge is 0.545 e. The van der Waals surface area contributed by atoms with Crippen LogP contribution >= 0.6 is 23.3 Å². The predicted molar refractivity (Wildman–Crippen MR) is 133 cm³/mol. The Morgan fingerprint density at radius 3 is 2.84 bits per heavy atom. The Labute approximate surface area is 220 Å². The van der Waals surface area contributed by atoms with E-state index < -0.39 is 17.9 Å². The number of pyridine rings is 1. The van der Waals surface area contributed by atoms with Crippen molar-refractivity contribution >= 4 is 51.9 Å². The van der Waals surface area contributed by atoms with Gasteiger partial charge in [-0.05, 0) is 25.3 Å². The molecule has 3 atom stereocenters. The number of nitrogens with one attached hydrogen (secondary N) is 1. The smallest absolute Gasteiger partial charge is 0.278 e. The standard InChI is InChI=1S/C23H23N7O5S2/c24-23-26-18(28-37-23)16(27-35-15-4-2-1-3-5-15)19(31)25-17-20(32)30-11-13(12-36-21(17)30)10-29-8-6-14(7-9-29)22(33)34/h2,4,6-9,11,15,17,21H,1,3,5,10,12H2,(H3-,24,25,26,28,31,33,34)/b27-16-/t15?,17?,21-/m1/s1. The summed E-state index contributed by atoms with van der Waals surface area (Å²) < 4.78 is 5.90. The monoisotopic (exact) mass is 541 g/mol. The number of amides is 2. The van der Waals surface area contributed by atoms with Crippen LogP contribution in [0.15, 0.2) is 53.6 Å². The number of thioether (sulfide) groups is 1. The number of allylic oxidation sites excluding steroid dienone is 1. The molecule has 2 aromatic heterocycles. The van der Waals surface area contributed by atoms with Gasteiger partial charge in [-0.25, -0.2) is 4.57 Å². The summed E-state index contributed by atoms with van der Waals surface area (Å²) in [6, 6.07) is 2.20. The molecule has 2 amide bonds.